The molecule has 0 aliphatic heterocycles. The van der Waals surface area contributed by atoms with E-state index in [0.717, 1.165) is 17.4 Å². The Labute approximate surface area is 126 Å². The number of rotatable bonds is 5. The molecule has 1 N–H and O–H groups in total. The first kappa shape index (κ1) is 15.6. The van der Waals surface area contributed by atoms with Crippen LogP contribution in [0.25, 0.3) is 10.9 Å². The average molecular weight is 288 g/mol. The predicted molar refractivity (Wildman–Crippen MR) is 85.5 cm³/mol. The molecule has 1 heterocycles. The fraction of sp³-hybridized carbons (Fsp3) is 0.471. The van der Waals surface area contributed by atoms with E-state index in [9.17, 15) is 9.90 Å². The normalized spacial score (nSPS) is 12.9. The molecular formula is C17H24N2O2. The number of hydrogen-bond acceptors (Lipinski definition) is 2. The van der Waals surface area contributed by atoms with Gasteiger partial charge in [-0.25, -0.2) is 0 Å². The summed E-state index contributed by atoms with van der Waals surface area (Å²) in [5.41, 5.74) is 1.76. The lowest BCUT2D eigenvalue weighted by Gasteiger charge is -2.28. The van der Waals surface area contributed by atoms with Gasteiger partial charge in [-0.3, -0.25) is 4.79 Å². The van der Waals surface area contributed by atoms with Gasteiger partial charge in [0.2, 0.25) is 0 Å². The molecule has 0 saturated carbocycles. The van der Waals surface area contributed by atoms with Crippen molar-refractivity contribution >= 4 is 16.8 Å². The molecular weight excluding hydrogens is 264 g/mol. The summed E-state index contributed by atoms with van der Waals surface area (Å²) in [6.45, 7) is 8.78. The fourth-order valence-electron chi connectivity index (χ4n) is 2.69. The monoisotopic (exact) mass is 288 g/mol. The zero-order chi connectivity index (χ0) is 15.6. The lowest BCUT2D eigenvalue weighted by Crippen LogP contribution is -2.42. The van der Waals surface area contributed by atoms with Crippen molar-refractivity contribution in [2.45, 2.75) is 46.4 Å². The lowest BCUT2D eigenvalue weighted by atomic mass is 10.2. The van der Waals surface area contributed by atoms with Crippen LogP contribution in [0.3, 0.4) is 0 Å². The van der Waals surface area contributed by atoms with E-state index in [2.05, 4.69) is 0 Å². The zero-order valence-corrected chi connectivity index (χ0v) is 13.2. The minimum Gasteiger partial charge on any atom is -0.392 e. The van der Waals surface area contributed by atoms with Crippen molar-refractivity contribution in [3.05, 3.63) is 36.0 Å². The van der Waals surface area contributed by atoms with Crippen LogP contribution < -0.4 is 0 Å². The Morgan fingerprint density at radius 3 is 2.52 bits per heavy atom. The molecule has 1 atom stereocenters. The van der Waals surface area contributed by atoms with Crippen molar-refractivity contribution in [1.82, 2.24) is 9.47 Å². The molecule has 21 heavy (non-hydrogen) atoms. The number of aliphatic hydroxyl groups excluding tert-OH is 1. The van der Waals surface area contributed by atoms with E-state index in [-0.39, 0.29) is 11.9 Å². The maximum atomic E-state index is 12.9. The molecule has 0 unspecified atom stereocenters. The van der Waals surface area contributed by atoms with E-state index < -0.39 is 6.10 Å². The summed E-state index contributed by atoms with van der Waals surface area (Å²) < 4.78 is 2.04. The van der Waals surface area contributed by atoms with E-state index >= 15 is 0 Å². The molecule has 2 rings (SSSR count). The Balaban J connectivity index is 2.46. The molecule has 4 nitrogen and oxygen atoms in total. The lowest BCUT2D eigenvalue weighted by molar-refractivity contribution is 0.0569. The molecule has 0 spiro atoms. The summed E-state index contributed by atoms with van der Waals surface area (Å²) >= 11 is 0. The SMILES string of the molecule is CCn1c(C(=O)N(C[C@H](C)O)C(C)C)cc2ccccc21. The van der Waals surface area contributed by atoms with E-state index in [1.165, 1.54) is 0 Å². The van der Waals surface area contributed by atoms with Crippen molar-refractivity contribution in [1.29, 1.82) is 0 Å². The van der Waals surface area contributed by atoms with Crippen LogP contribution in [0, 0.1) is 0 Å². The van der Waals surface area contributed by atoms with Gasteiger partial charge >= 0.3 is 0 Å². The van der Waals surface area contributed by atoms with Gasteiger partial charge in [0.05, 0.1) is 6.10 Å². The largest absolute Gasteiger partial charge is 0.392 e. The number of carbonyl (C=O) groups excluding carboxylic acids is 1. The van der Waals surface area contributed by atoms with E-state index in [0.29, 0.717) is 12.2 Å². The highest BCUT2D eigenvalue weighted by Crippen LogP contribution is 2.21. The number of carbonyl (C=O) groups is 1. The molecule has 2 aromatic rings. The second kappa shape index (κ2) is 6.31. The van der Waals surface area contributed by atoms with Crippen LogP contribution in [0.15, 0.2) is 30.3 Å². The first-order valence-corrected chi connectivity index (χ1v) is 7.53. The molecule has 114 valence electrons. The molecule has 0 aliphatic carbocycles. The quantitative estimate of drug-likeness (QED) is 0.919. The zero-order valence-electron chi connectivity index (χ0n) is 13.2. The summed E-state index contributed by atoms with van der Waals surface area (Å²) in [4.78, 5) is 14.6. The molecule has 0 saturated heterocycles. The van der Waals surface area contributed by atoms with Crippen molar-refractivity contribution < 1.29 is 9.90 Å². The van der Waals surface area contributed by atoms with Crippen LogP contribution in [0.1, 0.15) is 38.2 Å². The number of aryl methyl sites for hydroxylation is 1. The third-order valence-electron chi connectivity index (χ3n) is 3.69. The molecule has 4 heteroatoms. The van der Waals surface area contributed by atoms with Crippen LogP contribution >= 0.6 is 0 Å². The van der Waals surface area contributed by atoms with Crippen LogP contribution in [0.4, 0.5) is 0 Å². The van der Waals surface area contributed by atoms with Gasteiger partial charge in [-0.15, -0.1) is 0 Å². The molecule has 0 aliphatic rings. The summed E-state index contributed by atoms with van der Waals surface area (Å²) in [5.74, 6) is -0.0241. The third-order valence-corrected chi connectivity index (χ3v) is 3.69. The number of nitrogens with zero attached hydrogens (tertiary/aromatic N) is 2. The third kappa shape index (κ3) is 3.10. The smallest absolute Gasteiger partial charge is 0.270 e. The van der Waals surface area contributed by atoms with Crippen molar-refractivity contribution in [2.75, 3.05) is 6.54 Å². The molecule has 0 bridgehead atoms. The number of fused-ring (bicyclic) bond motifs is 1. The highest BCUT2D eigenvalue weighted by atomic mass is 16.3. The molecule has 1 amide bonds. The van der Waals surface area contributed by atoms with Gasteiger partial charge in [-0.1, -0.05) is 18.2 Å². The van der Waals surface area contributed by atoms with Gasteiger partial charge < -0.3 is 14.6 Å². The van der Waals surface area contributed by atoms with Crippen LogP contribution in [0.2, 0.25) is 0 Å². The first-order chi connectivity index (χ1) is 9.95. The minimum absolute atomic E-state index is 0.0241. The molecule has 0 fully saturated rings. The minimum atomic E-state index is -0.532. The second-order valence-corrected chi connectivity index (χ2v) is 5.73. The Bertz CT molecular complexity index is 629. The van der Waals surface area contributed by atoms with Gasteiger partial charge in [-0.05, 0) is 39.8 Å². The van der Waals surface area contributed by atoms with Gasteiger partial charge in [0.15, 0.2) is 0 Å². The number of aliphatic hydroxyl groups is 1. The summed E-state index contributed by atoms with van der Waals surface area (Å²) in [5, 5.41) is 10.7. The molecule has 0 radical (unpaired) electrons. The summed E-state index contributed by atoms with van der Waals surface area (Å²) in [6.07, 6.45) is -0.532. The Morgan fingerprint density at radius 2 is 1.95 bits per heavy atom. The van der Waals surface area contributed by atoms with Crippen molar-refractivity contribution in [3.63, 3.8) is 0 Å². The Morgan fingerprint density at radius 1 is 1.29 bits per heavy atom. The first-order valence-electron chi connectivity index (χ1n) is 7.53. The van der Waals surface area contributed by atoms with Gasteiger partial charge in [-0.2, -0.15) is 0 Å². The number of para-hydroxylation sites is 1. The van der Waals surface area contributed by atoms with E-state index in [1.807, 2.05) is 55.7 Å². The number of amides is 1. The maximum Gasteiger partial charge on any atom is 0.270 e. The van der Waals surface area contributed by atoms with Crippen molar-refractivity contribution in [3.8, 4) is 0 Å². The molecule has 1 aromatic carbocycles. The second-order valence-electron chi connectivity index (χ2n) is 5.73. The van der Waals surface area contributed by atoms with E-state index in [4.69, 9.17) is 0 Å². The van der Waals surface area contributed by atoms with Crippen LogP contribution in [0.5, 0.6) is 0 Å². The average Bonchev–Trinajstić information content (AvgIpc) is 2.82. The molecule has 1 aromatic heterocycles. The standard InChI is InChI=1S/C17H24N2O2/c1-5-18-15-9-7-6-8-14(15)10-16(18)17(21)19(12(2)3)11-13(4)20/h6-10,12-13,20H,5,11H2,1-4H3/t13-/m0/s1. The Kier molecular flexibility index (Phi) is 4.68. The predicted octanol–water partition coefficient (Wildman–Crippen LogP) is 2.89. The van der Waals surface area contributed by atoms with Gasteiger partial charge in [0.25, 0.3) is 5.91 Å². The van der Waals surface area contributed by atoms with Crippen molar-refractivity contribution in [2.24, 2.45) is 0 Å². The number of hydrogen-bond donors (Lipinski definition) is 1. The maximum absolute atomic E-state index is 12.9. The van der Waals surface area contributed by atoms with E-state index in [1.54, 1.807) is 11.8 Å². The van der Waals surface area contributed by atoms with Gasteiger partial charge in [0, 0.05) is 30.0 Å². The van der Waals surface area contributed by atoms with Gasteiger partial charge in [0.1, 0.15) is 5.69 Å². The highest BCUT2D eigenvalue weighted by molar-refractivity contribution is 5.99. The number of benzene rings is 1. The summed E-state index contributed by atoms with van der Waals surface area (Å²) in [7, 11) is 0. The fourth-order valence-corrected chi connectivity index (χ4v) is 2.69. The highest BCUT2D eigenvalue weighted by Gasteiger charge is 2.23. The number of aromatic nitrogens is 1. The summed E-state index contributed by atoms with van der Waals surface area (Å²) in [6, 6.07) is 10.0. The van der Waals surface area contributed by atoms with Crippen LogP contribution in [-0.4, -0.2) is 39.2 Å². The Hall–Kier alpha value is -1.81. The van der Waals surface area contributed by atoms with Crippen LogP contribution in [-0.2, 0) is 6.54 Å². The topological polar surface area (TPSA) is 45.5 Å².